The Morgan fingerprint density at radius 1 is 1.18 bits per heavy atom. The maximum atomic E-state index is 13.4. The Bertz CT molecular complexity index is 968. The van der Waals surface area contributed by atoms with E-state index in [0.717, 1.165) is 0 Å². The molecular weight excluding hydrogens is 444 g/mol. The van der Waals surface area contributed by atoms with Gasteiger partial charge in [0.1, 0.15) is 29.6 Å². The molecule has 9 nitrogen and oxygen atoms in total. The van der Waals surface area contributed by atoms with Gasteiger partial charge in [-0.1, -0.05) is 31.2 Å². The van der Waals surface area contributed by atoms with Crippen LogP contribution < -0.4 is 14.2 Å². The number of methoxy groups -OCH3 is 1. The molecule has 9 heteroatoms. The summed E-state index contributed by atoms with van der Waals surface area (Å²) in [6, 6.07) is 1.61. The van der Waals surface area contributed by atoms with E-state index in [1.807, 2.05) is 32.9 Å². The van der Waals surface area contributed by atoms with Crippen molar-refractivity contribution in [1.29, 1.82) is 0 Å². The number of ether oxygens (including phenoxy) is 7. The lowest BCUT2D eigenvalue weighted by Gasteiger charge is -2.23. The fourth-order valence-electron chi connectivity index (χ4n) is 4.19. The first kappa shape index (κ1) is 24.5. The number of aliphatic hydroxyl groups excluding tert-OH is 1. The molecule has 0 radical (unpaired) electrons. The van der Waals surface area contributed by atoms with E-state index >= 15 is 0 Å². The summed E-state index contributed by atoms with van der Waals surface area (Å²) in [5.41, 5.74) is 0.701. The van der Waals surface area contributed by atoms with Crippen molar-refractivity contribution in [2.75, 3.05) is 20.7 Å². The van der Waals surface area contributed by atoms with Gasteiger partial charge in [0.25, 0.3) is 0 Å². The highest BCUT2D eigenvalue weighted by atomic mass is 16.8. The topological polar surface area (TPSA) is 102 Å². The number of hydrogen-bond donors (Lipinski definition) is 1. The van der Waals surface area contributed by atoms with Crippen LogP contribution in [0.4, 0.5) is 0 Å². The summed E-state index contributed by atoms with van der Waals surface area (Å²) in [4.78, 5) is 13.4. The lowest BCUT2D eigenvalue weighted by atomic mass is 9.98. The first-order valence-electron chi connectivity index (χ1n) is 11.4. The fraction of sp³-hybridized carbons (Fsp3) is 0.560. The molecule has 34 heavy (non-hydrogen) atoms. The minimum absolute atomic E-state index is 0.0264. The van der Waals surface area contributed by atoms with Crippen LogP contribution in [0, 0.1) is 5.92 Å². The summed E-state index contributed by atoms with van der Waals surface area (Å²) in [5, 5.41) is 10.8. The molecule has 1 aromatic carbocycles. The first-order valence-corrected chi connectivity index (χ1v) is 11.4. The van der Waals surface area contributed by atoms with Gasteiger partial charge in [0, 0.05) is 24.7 Å². The molecule has 1 aromatic rings. The first-order chi connectivity index (χ1) is 16.2. The molecule has 3 heterocycles. The standard InChI is InChI=1S/C25H32O9/c1-14-9-10-17(26)23-18(33-25(3,4)34-23)8-6-7-16-21(24(27)32-15(14)2)19(29-12-28-5)11-20-22(16)31-13-30-20/h6-7,9-11,14-15,17-18,23,26H,8,12-13H2,1-5H3/b7-6?,10-9-/t14-,15+,17?,18+,23-/m1/s1. The number of esters is 1. The lowest BCUT2D eigenvalue weighted by molar-refractivity contribution is -0.152. The van der Waals surface area contributed by atoms with E-state index < -0.39 is 36.2 Å². The van der Waals surface area contributed by atoms with Crippen LogP contribution in [0.15, 0.2) is 24.3 Å². The number of carbonyl (C=O) groups excluding carboxylic acids is 1. The summed E-state index contributed by atoms with van der Waals surface area (Å²) >= 11 is 0. The van der Waals surface area contributed by atoms with Crippen LogP contribution in [0.5, 0.6) is 17.2 Å². The number of cyclic esters (lactones) is 1. The molecule has 186 valence electrons. The Hall–Kier alpha value is -2.59. The van der Waals surface area contributed by atoms with Crippen molar-refractivity contribution in [3.8, 4) is 17.2 Å². The maximum Gasteiger partial charge on any atom is 0.342 e. The third-order valence-corrected chi connectivity index (χ3v) is 6.06. The molecule has 1 fully saturated rings. The van der Waals surface area contributed by atoms with Crippen LogP contribution in [-0.4, -0.2) is 62.0 Å². The van der Waals surface area contributed by atoms with E-state index in [0.29, 0.717) is 23.5 Å². The van der Waals surface area contributed by atoms with E-state index in [-0.39, 0.29) is 30.8 Å². The van der Waals surface area contributed by atoms with Gasteiger partial charge in [-0.05, 0) is 27.2 Å². The van der Waals surface area contributed by atoms with E-state index in [1.54, 1.807) is 25.1 Å². The Morgan fingerprint density at radius 2 is 1.97 bits per heavy atom. The Balaban J connectivity index is 1.79. The van der Waals surface area contributed by atoms with Crippen molar-refractivity contribution in [3.63, 3.8) is 0 Å². The van der Waals surface area contributed by atoms with Crippen molar-refractivity contribution in [2.24, 2.45) is 5.92 Å². The molecule has 0 spiro atoms. The van der Waals surface area contributed by atoms with Gasteiger partial charge in [-0.25, -0.2) is 4.79 Å². The SMILES string of the molecule is COCOc1cc2c(c3c1C(=O)O[C@@H](C)[C@H](C)/C=C\C(O)[C@H]1OC(C)(C)O[C@H]1CC=C3)OCO2. The monoisotopic (exact) mass is 476 g/mol. The van der Waals surface area contributed by atoms with Crippen molar-refractivity contribution in [3.05, 3.63) is 35.4 Å². The van der Waals surface area contributed by atoms with Crippen LogP contribution in [0.2, 0.25) is 0 Å². The highest BCUT2D eigenvalue weighted by Crippen LogP contribution is 2.44. The Labute approximate surface area is 199 Å². The van der Waals surface area contributed by atoms with Crippen LogP contribution in [0.3, 0.4) is 0 Å². The van der Waals surface area contributed by atoms with Gasteiger partial charge in [0.15, 0.2) is 24.1 Å². The number of carbonyl (C=O) groups is 1. The summed E-state index contributed by atoms with van der Waals surface area (Å²) < 4.78 is 39.8. The van der Waals surface area contributed by atoms with E-state index in [9.17, 15) is 9.90 Å². The number of rotatable bonds is 3. The van der Waals surface area contributed by atoms with Crippen molar-refractivity contribution in [1.82, 2.24) is 0 Å². The van der Waals surface area contributed by atoms with Gasteiger partial charge in [0.2, 0.25) is 6.79 Å². The highest BCUT2D eigenvalue weighted by molar-refractivity contribution is 5.99. The molecule has 0 aromatic heterocycles. The van der Waals surface area contributed by atoms with Crippen LogP contribution >= 0.6 is 0 Å². The molecule has 1 saturated heterocycles. The second kappa shape index (κ2) is 9.95. The zero-order valence-corrected chi connectivity index (χ0v) is 20.1. The van der Waals surface area contributed by atoms with E-state index in [2.05, 4.69) is 0 Å². The second-order valence-electron chi connectivity index (χ2n) is 9.07. The van der Waals surface area contributed by atoms with E-state index in [4.69, 9.17) is 33.2 Å². The molecule has 0 saturated carbocycles. The average molecular weight is 477 g/mol. The van der Waals surface area contributed by atoms with Crippen LogP contribution in [-0.2, 0) is 18.9 Å². The zero-order valence-electron chi connectivity index (χ0n) is 20.1. The normalized spacial score (nSPS) is 31.2. The molecular formula is C25H32O9. The van der Waals surface area contributed by atoms with Gasteiger partial charge in [-0.2, -0.15) is 0 Å². The number of aliphatic hydroxyl groups is 1. The molecule has 3 aliphatic rings. The third kappa shape index (κ3) is 5.07. The average Bonchev–Trinajstić information content (AvgIpc) is 3.38. The number of fused-ring (bicyclic) bond motifs is 4. The molecule has 1 N–H and O–H groups in total. The molecule has 5 atom stereocenters. The van der Waals surface area contributed by atoms with Gasteiger partial charge < -0.3 is 38.3 Å². The predicted molar refractivity (Wildman–Crippen MR) is 122 cm³/mol. The van der Waals surface area contributed by atoms with Crippen LogP contribution in [0.1, 0.15) is 50.0 Å². The smallest absolute Gasteiger partial charge is 0.342 e. The molecule has 3 aliphatic heterocycles. The minimum atomic E-state index is -0.879. The van der Waals surface area contributed by atoms with Gasteiger partial charge in [-0.3, -0.25) is 0 Å². The fourth-order valence-corrected chi connectivity index (χ4v) is 4.19. The number of benzene rings is 1. The van der Waals surface area contributed by atoms with Crippen molar-refractivity contribution >= 4 is 12.0 Å². The summed E-state index contributed by atoms with van der Waals surface area (Å²) in [7, 11) is 1.50. The second-order valence-corrected chi connectivity index (χ2v) is 9.07. The van der Waals surface area contributed by atoms with Crippen molar-refractivity contribution < 1.29 is 43.1 Å². The Morgan fingerprint density at radius 3 is 2.74 bits per heavy atom. The molecule has 0 amide bonds. The third-order valence-electron chi connectivity index (χ3n) is 6.06. The predicted octanol–water partition coefficient (Wildman–Crippen LogP) is 3.43. The number of hydrogen-bond acceptors (Lipinski definition) is 9. The summed E-state index contributed by atoms with van der Waals surface area (Å²) in [6.07, 6.45) is 5.23. The van der Waals surface area contributed by atoms with Gasteiger partial charge in [0.05, 0.1) is 6.10 Å². The summed E-state index contributed by atoms with van der Waals surface area (Å²) in [6.45, 7) is 7.31. The van der Waals surface area contributed by atoms with E-state index in [1.165, 1.54) is 7.11 Å². The minimum Gasteiger partial charge on any atom is -0.466 e. The van der Waals surface area contributed by atoms with Gasteiger partial charge >= 0.3 is 5.97 Å². The molecule has 0 aliphatic carbocycles. The lowest BCUT2D eigenvalue weighted by Crippen LogP contribution is -2.34. The Kier molecular flexibility index (Phi) is 7.18. The molecule has 4 rings (SSSR count). The zero-order chi connectivity index (χ0) is 24.5. The largest absolute Gasteiger partial charge is 0.466 e. The van der Waals surface area contributed by atoms with Crippen LogP contribution in [0.25, 0.3) is 6.08 Å². The quantitative estimate of drug-likeness (QED) is 0.399. The maximum absolute atomic E-state index is 13.4. The molecule has 0 bridgehead atoms. The summed E-state index contributed by atoms with van der Waals surface area (Å²) in [5.74, 6) is -0.404. The molecule has 1 unspecified atom stereocenters. The van der Waals surface area contributed by atoms with Crippen molar-refractivity contribution in [2.45, 2.75) is 64.3 Å². The highest BCUT2D eigenvalue weighted by Gasteiger charge is 2.43. The van der Waals surface area contributed by atoms with Gasteiger partial charge in [-0.15, -0.1) is 0 Å².